The Bertz CT molecular complexity index is 953. The number of benzene rings is 3. The van der Waals surface area contributed by atoms with E-state index >= 15 is 0 Å². The van der Waals surface area contributed by atoms with Crippen LogP contribution < -0.4 is 9.47 Å². The molecule has 0 N–H and O–H groups in total. The van der Waals surface area contributed by atoms with Gasteiger partial charge in [-0.3, -0.25) is 4.79 Å². The molecule has 148 valence electrons. The van der Waals surface area contributed by atoms with Crippen molar-refractivity contribution >= 4 is 5.91 Å². The molecule has 1 fully saturated rings. The van der Waals surface area contributed by atoms with E-state index in [2.05, 4.69) is 0 Å². The monoisotopic (exact) mass is 387 g/mol. The molecule has 0 bridgehead atoms. The minimum absolute atomic E-state index is 0.0196. The number of nitrogens with zero attached hydrogens (tertiary/aromatic N) is 1. The molecule has 1 aliphatic heterocycles. The van der Waals surface area contributed by atoms with E-state index in [9.17, 15) is 4.79 Å². The van der Waals surface area contributed by atoms with Crippen LogP contribution in [0.1, 0.15) is 24.4 Å². The quantitative estimate of drug-likeness (QED) is 0.590. The van der Waals surface area contributed by atoms with Crippen LogP contribution in [-0.4, -0.2) is 31.1 Å². The molecule has 29 heavy (non-hydrogen) atoms. The highest BCUT2D eigenvalue weighted by Gasteiger charge is 2.30. The molecule has 1 saturated heterocycles. The predicted octanol–water partition coefficient (Wildman–Crippen LogP) is 5.10. The number of carbonyl (C=O) groups is 1. The van der Waals surface area contributed by atoms with E-state index in [0.29, 0.717) is 0 Å². The zero-order valence-corrected chi connectivity index (χ0v) is 16.6. The first kappa shape index (κ1) is 19.1. The lowest BCUT2D eigenvalue weighted by Gasteiger charge is -2.25. The molecule has 0 aliphatic carbocycles. The zero-order chi connectivity index (χ0) is 20.1. The molecule has 1 amide bonds. The molecule has 0 saturated carbocycles. The van der Waals surface area contributed by atoms with Crippen LogP contribution in [0, 0.1) is 0 Å². The molecule has 0 radical (unpaired) electrons. The summed E-state index contributed by atoms with van der Waals surface area (Å²) in [5, 5.41) is 0. The molecule has 1 heterocycles. The summed E-state index contributed by atoms with van der Waals surface area (Å²) < 4.78 is 11.2. The molecule has 4 nitrogen and oxygen atoms in total. The van der Waals surface area contributed by atoms with Gasteiger partial charge in [0.15, 0.2) is 6.61 Å². The second-order valence-corrected chi connectivity index (χ2v) is 7.17. The number of amides is 1. The van der Waals surface area contributed by atoms with Gasteiger partial charge in [-0.25, -0.2) is 0 Å². The van der Waals surface area contributed by atoms with E-state index in [1.807, 2.05) is 83.8 Å². The number of carbonyl (C=O) groups excluding carboxylic acids is 1. The van der Waals surface area contributed by atoms with Crippen molar-refractivity contribution in [3.05, 3.63) is 84.4 Å². The third-order valence-corrected chi connectivity index (χ3v) is 5.40. The van der Waals surface area contributed by atoms with E-state index in [1.165, 1.54) is 0 Å². The van der Waals surface area contributed by atoms with Gasteiger partial charge in [-0.15, -0.1) is 0 Å². The van der Waals surface area contributed by atoms with Crippen molar-refractivity contribution < 1.29 is 14.3 Å². The van der Waals surface area contributed by atoms with Crippen molar-refractivity contribution in [3.63, 3.8) is 0 Å². The number of rotatable bonds is 6. The van der Waals surface area contributed by atoms with Gasteiger partial charge >= 0.3 is 0 Å². The highest BCUT2D eigenvalue weighted by Crippen LogP contribution is 2.33. The summed E-state index contributed by atoms with van der Waals surface area (Å²) in [6, 6.07) is 26.0. The average Bonchev–Trinajstić information content (AvgIpc) is 3.28. The maximum Gasteiger partial charge on any atom is 0.261 e. The maximum absolute atomic E-state index is 12.9. The average molecular weight is 387 g/mol. The number of hydrogen-bond donors (Lipinski definition) is 0. The summed E-state index contributed by atoms with van der Waals surface area (Å²) in [6.45, 7) is 0.801. The van der Waals surface area contributed by atoms with Crippen LogP contribution in [0.15, 0.2) is 78.9 Å². The first-order valence-corrected chi connectivity index (χ1v) is 9.97. The fourth-order valence-corrected chi connectivity index (χ4v) is 3.91. The first-order valence-electron chi connectivity index (χ1n) is 9.97. The summed E-state index contributed by atoms with van der Waals surface area (Å²) in [4.78, 5) is 14.9. The van der Waals surface area contributed by atoms with Crippen molar-refractivity contribution in [1.82, 2.24) is 4.90 Å². The van der Waals surface area contributed by atoms with Crippen molar-refractivity contribution in [3.8, 4) is 22.6 Å². The Kier molecular flexibility index (Phi) is 5.80. The molecular weight excluding hydrogens is 362 g/mol. The highest BCUT2D eigenvalue weighted by atomic mass is 16.5. The number of likely N-dealkylation sites (tertiary alicyclic amines) is 1. The minimum atomic E-state index is 0.0196. The van der Waals surface area contributed by atoms with Gasteiger partial charge in [0.2, 0.25) is 0 Å². The zero-order valence-electron chi connectivity index (χ0n) is 16.6. The van der Waals surface area contributed by atoms with Crippen LogP contribution >= 0.6 is 0 Å². The fraction of sp³-hybridized carbons (Fsp3) is 0.240. The summed E-state index contributed by atoms with van der Waals surface area (Å²) in [7, 11) is 1.66. The Morgan fingerprint density at radius 3 is 2.45 bits per heavy atom. The third-order valence-electron chi connectivity index (χ3n) is 5.40. The van der Waals surface area contributed by atoms with Gasteiger partial charge < -0.3 is 14.4 Å². The largest absolute Gasteiger partial charge is 0.497 e. The summed E-state index contributed by atoms with van der Waals surface area (Å²) in [5.74, 6) is 1.57. The Morgan fingerprint density at radius 2 is 1.69 bits per heavy atom. The van der Waals surface area contributed by atoms with E-state index in [0.717, 1.165) is 47.6 Å². The number of ether oxygens (including phenoxy) is 2. The molecule has 3 aromatic carbocycles. The molecule has 1 atom stereocenters. The van der Waals surface area contributed by atoms with Crippen LogP contribution in [0.2, 0.25) is 0 Å². The Labute approximate surface area is 171 Å². The van der Waals surface area contributed by atoms with Crippen LogP contribution in [-0.2, 0) is 4.79 Å². The van der Waals surface area contributed by atoms with Crippen LogP contribution in [0.5, 0.6) is 11.5 Å². The minimum Gasteiger partial charge on any atom is -0.497 e. The normalized spacial score (nSPS) is 15.9. The second-order valence-electron chi connectivity index (χ2n) is 7.17. The first-order chi connectivity index (χ1) is 14.3. The van der Waals surface area contributed by atoms with Crippen LogP contribution in [0.3, 0.4) is 0 Å². The van der Waals surface area contributed by atoms with Crippen molar-refractivity contribution in [1.29, 1.82) is 0 Å². The number of hydrogen-bond acceptors (Lipinski definition) is 3. The van der Waals surface area contributed by atoms with Crippen LogP contribution in [0.4, 0.5) is 0 Å². The van der Waals surface area contributed by atoms with Crippen molar-refractivity contribution in [2.24, 2.45) is 0 Å². The predicted molar refractivity (Wildman–Crippen MR) is 114 cm³/mol. The molecule has 4 heteroatoms. The smallest absolute Gasteiger partial charge is 0.261 e. The number of para-hydroxylation sites is 1. The molecule has 0 aromatic heterocycles. The lowest BCUT2D eigenvalue weighted by atomic mass is 10.0. The van der Waals surface area contributed by atoms with Crippen molar-refractivity contribution in [2.45, 2.75) is 18.9 Å². The summed E-state index contributed by atoms with van der Waals surface area (Å²) in [6.07, 6.45) is 1.97. The third kappa shape index (κ3) is 4.27. The van der Waals surface area contributed by atoms with E-state index < -0.39 is 0 Å². The maximum atomic E-state index is 12.9. The number of methoxy groups -OCH3 is 1. The van der Waals surface area contributed by atoms with Gasteiger partial charge in [-0.2, -0.15) is 0 Å². The van der Waals surface area contributed by atoms with E-state index in [1.54, 1.807) is 7.11 Å². The van der Waals surface area contributed by atoms with Gasteiger partial charge in [-0.1, -0.05) is 60.7 Å². The lowest BCUT2D eigenvalue weighted by molar-refractivity contribution is -0.134. The molecule has 0 unspecified atom stereocenters. The van der Waals surface area contributed by atoms with Gasteiger partial charge in [0, 0.05) is 12.1 Å². The summed E-state index contributed by atoms with van der Waals surface area (Å²) >= 11 is 0. The lowest BCUT2D eigenvalue weighted by Crippen LogP contribution is -2.34. The van der Waals surface area contributed by atoms with Gasteiger partial charge in [-0.05, 0) is 42.2 Å². The van der Waals surface area contributed by atoms with E-state index in [-0.39, 0.29) is 18.6 Å². The Balaban J connectivity index is 1.46. The van der Waals surface area contributed by atoms with E-state index in [4.69, 9.17) is 9.47 Å². The van der Waals surface area contributed by atoms with Gasteiger partial charge in [0.05, 0.1) is 13.2 Å². The van der Waals surface area contributed by atoms with Crippen molar-refractivity contribution in [2.75, 3.05) is 20.3 Å². The fourth-order valence-electron chi connectivity index (χ4n) is 3.91. The molecule has 0 spiro atoms. The SMILES string of the molecule is COc1ccc([C@H]2CCCN2C(=O)COc2ccccc2-c2ccccc2)cc1. The van der Waals surface area contributed by atoms with Gasteiger partial charge in [0.1, 0.15) is 11.5 Å². The molecule has 4 rings (SSSR count). The molecule has 3 aromatic rings. The topological polar surface area (TPSA) is 38.8 Å². The highest BCUT2D eigenvalue weighted by molar-refractivity contribution is 5.79. The Hall–Kier alpha value is -3.27. The summed E-state index contributed by atoms with van der Waals surface area (Å²) in [5.41, 5.74) is 3.21. The standard InChI is InChI=1S/C25H25NO3/c1-28-21-15-13-20(14-16-21)23-11-7-17-26(23)25(27)18-29-24-12-6-5-10-22(24)19-8-3-2-4-9-19/h2-6,8-10,12-16,23H,7,11,17-18H2,1H3/t23-/m1/s1. The van der Waals surface area contributed by atoms with Gasteiger partial charge in [0.25, 0.3) is 5.91 Å². The molecular formula is C25H25NO3. The van der Waals surface area contributed by atoms with Crippen LogP contribution in [0.25, 0.3) is 11.1 Å². The second kappa shape index (κ2) is 8.82. The Morgan fingerprint density at radius 1 is 0.966 bits per heavy atom. The molecule has 1 aliphatic rings.